The molecule has 2 aromatic rings. The molecule has 0 aliphatic carbocycles. The third-order valence-electron chi connectivity index (χ3n) is 3.52. The summed E-state index contributed by atoms with van der Waals surface area (Å²) in [5.41, 5.74) is 4.33. The smallest absolute Gasteiger partial charge is 0.0969 e. The summed E-state index contributed by atoms with van der Waals surface area (Å²) in [6, 6.07) is 6.29. The number of aliphatic hydroxyl groups excluding tert-OH is 1. The number of hydrogen-bond donors (Lipinski definition) is 2. The van der Waals surface area contributed by atoms with Gasteiger partial charge in [0, 0.05) is 6.54 Å². The number of benzene rings is 1. The number of aliphatic hydroxyl groups is 1. The third kappa shape index (κ3) is 4.93. The van der Waals surface area contributed by atoms with Gasteiger partial charge in [0.05, 0.1) is 23.7 Å². The average molecular weight is 302 g/mol. The molecule has 0 saturated heterocycles. The maximum atomic E-state index is 9.36. The van der Waals surface area contributed by atoms with Crippen LogP contribution in [0, 0.1) is 19.8 Å². The lowest BCUT2D eigenvalue weighted by atomic mass is 10.1. The largest absolute Gasteiger partial charge is 0.393 e. The van der Waals surface area contributed by atoms with Crippen molar-refractivity contribution in [2.75, 3.05) is 6.54 Å². The molecule has 22 heavy (non-hydrogen) atoms. The Morgan fingerprint density at radius 3 is 2.50 bits per heavy atom. The van der Waals surface area contributed by atoms with Gasteiger partial charge in [-0.1, -0.05) is 13.0 Å². The highest BCUT2D eigenvalue weighted by molar-refractivity contribution is 5.37. The second kappa shape index (κ2) is 7.51. The van der Waals surface area contributed by atoms with Crippen molar-refractivity contribution in [2.45, 2.75) is 46.8 Å². The Morgan fingerprint density at radius 1 is 1.18 bits per heavy atom. The molecule has 0 fully saturated rings. The zero-order valence-corrected chi connectivity index (χ0v) is 13.9. The van der Waals surface area contributed by atoms with Crippen molar-refractivity contribution in [3.63, 3.8) is 0 Å². The van der Waals surface area contributed by atoms with Gasteiger partial charge in [-0.3, -0.25) is 0 Å². The molecule has 5 nitrogen and oxygen atoms in total. The standard InChI is InChI=1S/C17H26N4O/c1-12-5-13(2)8-17(7-12)21-19-11-16(20-21)10-18-9-14(3)6-15(4)22/h5,7-8,11,14-15,18,22H,6,9-10H2,1-4H3. The summed E-state index contributed by atoms with van der Waals surface area (Å²) in [6.45, 7) is 9.66. The molecular formula is C17H26N4O. The maximum absolute atomic E-state index is 9.36. The van der Waals surface area contributed by atoms with E-state index in [1.807, 2.05) is 6.92 Å². The van der Waals surface area contributed by atoms with E-state index >= 15 is 0 Å². The minimum absolute atomic E-state index is 0.248. The van der Waals surface area contributed by atoms with E-state index in [2.05, 4.69) is 54.5 Å². The first-order chi connectivity index (χ1) is 10.4. The van der Waals surface area contributed by atoms with Crippen LogP contribution in [0.1, 0.15) is 37.1 Å². The van der Waals surface area contributed by atoms with Crippen LogP contribution in [0.25, 0.3) is 5.69 Å². The van der Waals surface area contributed by atoms with Crippen LogP contribution >= 0.6 is 0 Å². The normalized spacial score (nSPS) is 14.0. The lowest BCUT2D eigenvalue weighted by Gasteiger charge is -2.13. The summed E-state index contributed by atoms with van der Waals surface area (Å²) in [5, 5.41) is 21.6. The van der Waals surface area contributed by atoms with Crippen molar-refractivity contribution < 1.29 is 5.11 Å². The molecule has 2 unspecified atom stereocenters. The highest BCUT2D eigenvalue weighted by Gasteiger charge is 2.07. The van der Waals surface area contributed by atoms with Crippen LogP contribution in [-0.2, 0) is 6.54 Å². The van der Waals surface area contributed by atoms with Crippen molar-refractivity contribution in [3.8, 4) is 5.69 Å². The molecule has 0 radical (unpaired) electrons. The van der Waals surface area contributed by atoms with Gasteiger partial charge in [0.25, 0.3) is 0 Å². The van der Waals surface area contributed by atoms with Crippen LogP contribution in [0.15, 0.2) is 24.4 Å². The molecule has 2 N–H and O–H groups in total. The highest BCUT2D eigenvalue weighted by Crippen LogP contribution is 2.12. The second-order valence-electron chi connectivity index (χ2n) is 6.29. The predicted octanol–water partition coefficient (Wildman–Crippen LogP) is 2.38. The second-order valence-corrected chi connectivity index (χ2v) is 6.29. The summed E-state index contributed by atoms with van der Waals surface area (Å²) in [4.78, 5) is 1.68. The lowest BCUT2D eigenvalue weighted by molar-refractivity contribution is 0.163. The fraction of sp³-hybridized carbons (Fsp3) is 0.529. The Balaban J connectivity index is 1.91. The molecule has 120 valence electrons. The summed E-state index contributed by atoms with van der Waals surface area (Å²) in [7, 11) is 0. The predicted molar refractivity (Wildman–Crippen MR) is 88.0 cm³/mol. The van der Waals surface area contributed by atoms with Crippen molar-refractivity contribution in [1.82, 2.24) is 20.3 Å². The first-order valence-corrected chi connectivity index (χ1v) is 7.82. The number of nitrogens with zero attached hydrogens (tertiary/aromatic N) is 3. The SMILES string of the molecule is Cc1cc(C)cc(-n2ncc(CNCC(C)CC(C)O)n2)c1. The topological polar surface area (TPSA) is 63.0 Å². The van der Waals surface area contributed by atoms with Gasteiger partial charge in [-0.25, -0.2) is 0 Å². The van der Waals surface area contributed by atoms with Crippen molar-refractivity contribution in [2.24, 2.45) is 5.92 Å². The van der Waals surface area contributed by atoms with E-state index in [-0.39, 0.29) is 6.10 Å². The van der Waals surface area contributed by atoms with E-state index in [0.29, 0.717) is 12.5 Å². The van der Waals surface area contributed by atoms with Crippen LogP contribution in [0.5, 0.6) is 0 Å². The molecule has 0 saturated carbocycles. The fourth-order valence-corrected chi connectivity index (χ4v) is 2.68. The molecule has 0 aliphatic heterocycles. The van der Waals surface area contributed by atoms with Crippen LogP contribution in [0.2, 0.25) is 0 Å². The van der Waals surface area contributed by atoms with Crippen molar-refractivity contribution in [1.29, 1.82) is 0 Å². The van der Waals surface area contributed by atoms with E-state index in [0.717, 1.165) is 24.3 Å². The minimum Gasteiger partial charge on any atom is -0.393 e. The van der Waals surface area contributed by atoms with Crippen LogP contribution in [0.4, 0.5) is 0 Å². The van der Waals surface area contributed by atoms with E-state index in [1.165, 1.54) is 11.1 Å². The van der Waals surface area contributed by atoms with Crippen LogP contribution in [0.3, 0.4) is 0 Å². The molecule has 2 rings (SSSR count). The Morgan fingerprint density at radius 2 is 1.86 bits per heavy atom. The number of aromatic nitrogens is 3. The van der Waals surface area contributed by atoms with Crippen molar-refractivity contribution >= 4 is 0 Å². The van der Waals surface area contributed by atoms with E-state index < -0.39 is 0 Å². The molecule has 0 amide bonds. The summed E-state index contributed by atoms with van der Waals surface area (Å²) in [5.74, 6) is 0.439. The van der Waals surface area contributed by atoms with Gasteiger partial charge in [-0.15, -0.1) is 0 Å². The average Bonchev–Trinajstić information content (AvgIpc) is 2.85. The summed E-state index contributed by atoms with van der Waals surface area (Å²) >= 11 is 0. The summed E-state index contributed by atoms with van der Waals surface area (Å²) in [6.07, 6.45) is 2.36. The number of rotatable bonds is 7. The Hall–Kier alpha value is -1.72. The first kappa shape index (κ1) is 16.6. The molecule has 0 bridgehead atoms. The first-order valence-electron chi connectivity index (χ1n) is 7.82. The molecule has 1 aromatic carbocycles. The van der Waals surface area contributed by atoms with Gasteiger partial charge in [0.1, 0.15) is 0 Å². The third-order valence-corrected chi connectivity index (χ3v) is 3.52. The van der Waals surface area contributed by atoms with Gasteiger partial charge in [0.2, 0.25) is 0 Å². The quantitative estimate of drug-likeness (QED) is 0.824. The lowest BCUT2D eigenvalue weighted by Crippen LogP contribution is -2.23. The number of aryl methyl sites for hydroxylation is 2. The maximum Gasteiger partial charge on any atom is 0.0969 e. The molecule has 5 heteroatoms. The van der Waals surface area contributed by atoms with Gasteiger partial charge in [-0.2, -0.15) is 15.0 Å². The van der Waals surface area contributed by atoms with Gasteiger partial charge >= 0.3 is 0 Å². The van der Waals surface area contributed by atoms with Gasteiger partial charge in [-0.05, 0) is 62.9 Å². The zero-order chi connectivity index (χ0) is 16.1. The van der Waals surface area contributed by atoms with E-state index in [9.17, 15) is 5.11 Å². The van der Waals surface area contributed by atoms with E-state index in [4.69, 9.17) is 0 Å². The molecule has 0 aliphatic rings. The molecule has 1 heterocycles. The van der Waals surface area contributed by atoms with Crippen LogP contribution in [-0.4, -0.2) is 32.7 Å². The monoisotopic (exact) mass is 302 g/mol. The Kier molecular flexibility index (Phi) is 5.69. The van der Waals surface area contributed by atoms with Crippen LogP contribution < -0.4 is 5.32 Å². The zero-order valence-electron chi connectivity index (χ0n) is 13.9. The highest BCUT2D eigenvalue weighted by atomic mass is 16.3. The fourth-order valence-electron chi connectivity index (χ4n) is 2.68. The summed E-state index contributed by atoms with van der Waals surface area (Å²) < 4.78 is 0. The molecule has 2 atom stereocenters. The van der Waals surface area contributed by atoms with Gasteiger partial charge in [0.15, 0.2) is 0 Å². The number of nitrogens with one attached hydrogen (secondary N) is 1. The Bertz CT molecular complexity index is 586. The van der Waals surface area contributed by atoms with Gasteiger partial charge < -0.3 is 10.4 Å². The van der Waals surface area contributed by atoms with Crippen molar-refractivity contribution in [3.05, 3.63) is 41.2 Å². The molecular weight excluding hydrogens is 276 g/mol. The Labute approximate surface area is 132 Å². The van der Waals surface area contributed by atoms with E-state index in [1.54, 1.807) is 11.0 Å². The molecule has 0 spiro atoms. The number of hydrogen-bond acceptors (Lipinski definition) is 4. The molecule has 1 aromatic heterocycles. The minimum atomic E-state index is -0.248.